The molecule has 7 heteroatoms. The molecule has 7 nitrogen and oxygen atoms in total. The Morgan fingerprint density at radius 1 is 1.41 bits per heavy atom. The van der Waals surface area contributed by atoms with Crippen LogP contribution >= 0.6 is 0 Å². The molecular weight excluding hydrogens is 288 g/mol. The number of carbonyl (C=O) groups excluding carboxylic acids is 2. The van der Waals surface area contributed by atoms with Crippen molar-refractivity contribution in [1.29, 1.82) is 0 Å². The summed E-state index contributed by atoms with van der Waals surface area (Å²) in [6.45, 7) is 7.90. The van der Waals surface area contributed by atoms with E-state index in [2.05, 4.69) is 0 Å². The summed E-state index contributed by atoms with van der Waals surface area (Å²) < 4.78 is 11.0. The lowest BCUT2D eigenvalue weighted by molar-refractivity contribution is -0.130. The van der Waals surface area contributed by atoms with Crippen LogP contribution in [0.1, 0.15) is 27.2 Å². The maximum absolute atomic E-state index is 12.1. The first kappa shape index (κ1) is 17.0. The Bertz CT molecular complexity index is 421. The van der Waals surface area contributed by atoms with E-state index in [0.717, 1.165) is 0 Å². The topological polar surface area (TPSA) is 79.3 Å². The molecule has 0 aromatic carbocycles. The molecule has 2 saturated heterocycles. The number of ether oxygens (including phenoxy) is 2. The number of carbonyl (C=O) groups is 2. The summed E-state index contributed by atoms with van der Waals surface area (Å²) >= 11 is 0. The van der Waals surface area contributed by atoms with E-state index in [9.17, 15) is 9.59 Å². The van der Waals surface area contributed by atoms with Crippen molar-refractivity contribution in [2.45, 2.75) is 38.9 Å². The highest BCUT2D eigenvalue weighted by Gasteiger charge is 2.34. The van der Waals surface area contributed by atoms with Crippen molar-refractivity contribution in [3.8, 4) is 0 Å². The molecule has 1 N–H and O–H groups in total. The van der Waals surface area contributed by atoms with Crippen LogP contribution in [0, 0.1) is 5.92 Å². The number of rotatable bonds is 3. The van der Waals surface area contributed by atoms with E-state index in [4.69, 9.17) is 14.6 Å². The highest BCUT2D eigenvalue weighted by atomic mass is 16.6. The van der Waals surface area contributed by atoms with Crippen LogP contribution in [0.2, 0.25) is 0 Å². The maximum Gasteiger partial charge on any atom is 0.410 e. The summed E-state index contributed by atoms with van der Waals surface area (Å²) in [5.41, 5.74) is -0.524. The van der Waals surface area contributed by atoms with Crippen LogP contribution in [0.25, 0.3) is 0 Å². The van der Waals surface area contributed by atoms with Gasteiger partial charge in [0.1, 0.15) is 5.60 Å². The molecule has 0 aromatic rings. The molecule has 0 spiro atoms. The first-order valence-electron chi connectivity index (χ1n) is 7.76. The standard InChI is InChI=1S/C15H26N2O5/c1-15(2,3)22-14(20)16-4-5-21-12(8-16)9-17-7-11(10-18)6-13(17)19/h11-12,18H,4-10H2,1-3H3/t11?,12-/m0/s1. The fraction of sp³-hybridized carbons (Fsp3) is 0.867. The zero-order chi connectivity index (χ0) is 16.3. The first-order valence-corrected chi connectivity index (χ1v) is 7.76. The number of hydrogen-bond acceptors (Lipinski definition) is 5. The lowest BCUT2D eigenvalue weighted by atomic mass is 10.1. The van der Waals surface area contributed by atoms with E-state index in [-0.39, 0.29) is 30.6 Å². The molecule has 1 unspecified atom stereocenters. The number of amides is 2. The normalized spacial score (nSPS) is 26.5. The van der Waals surface area contributed by atoms with Crippen LogP contribution in [-0.4, -0.2) is 78.0 Å². The molecule has 0 radical (unpaired) electrons. The fourth-order valence-corrected chi connectivity index (χ4v) is 2.72. The van der Waals surface area contributed by atoms with E-state index in [1.54, 1.807) is 9.80 Å². The number of aliphatic hydroxyl groups excluding tert-OH is 1. The zero-order valence-electron chi connectivity index (χ0n) is 13.6. The Hall–Kier alpha value is -1.34. The van der Waals surface area contributed by atoms with E-state index >= 15 is 0 Å². The third kappa shape index (κ3) is 4.58. The molecule has 2 fully saturated rings. The third-order valence-electron chi connectivity index (χ3n) is 3.77. The number of morpholine rings is 1. The summed E-state index contributed by atoms with van der Waals surface area (Å²) in [5.74, 6) is 0.0510. The lowest BCUT2D eigenvalue weighted by Gasteiger charge is -2.35. The number of nitrogens with zero attached hydrogens (tertiary/aromatic N) is 2. The van der Waals surface area contributed by atoms with Crippen molar-refractivity contribution < 1.29 is 24.2 Å². The van der Waals surface area contributed by atoms with Gasteiger partial charge in [0.05, 0.1) is 19.3 Å². The van der Waals surface area contributed by atoms with Crippen LogP contribution in [0.3, 0.4) is 0 Å². The average molecular weight is 314 g/mol. The fourth-order valence-electron chi connectivity index (χ4n) is 2.72. The smallest absolute Gasteiger partial charge is 0.410 e. The van der Waals surface area contributed by atoms with Gasteiger partial charge >= 0.3 is 6.09 Å². The van der Waals surface area contributed by atoms with E-state index in [0.29, 0.717) is 39.2 Å². The molecule has 0 aliphatic carbocycles. The average Bonchev–Trinajstić information content (AvgIpc) is 2.78. The maximum atomic E-state index is 12.1. The summed E-state index contributed by atoms with van der Waals surface area (Å²) in [6.07, 6.45) is -0.164. The minimum absolute atomic E-state index is 0.0121. The Balaban J connectivity index is 1.86. The van der Waals surface area contributed by atoms with Gasteiger partial charge in [-0.25, -0.2) is 4.79 Å². The summed E-state index contributed by atoms with van der Waals surface area (Å²) in [5, 5.41) is 9.15. The van der Waals surface area contributed by atoms with Crippen molar-refractivity contribution in [3.63, 3.8) is 0 Å². The van der Waals surface area contributed by atoms with Crippen molar-refractivity contribution in [1.82, 2.24) is 9.80 Å². The molecular formula is C15H26N2O5. The largest absolute Gasteiger partial charge is 0.444 e. The molecule has 22 heavy (non-hydrogen) atoms. The number of aliphatic hydroxyl groups is 1. The van der Waals surface area contributed by atoms with Gasteiger partial charge in [-0.05, 0) is 20.8 Å². The SMILES string of the molecule is CC(C)(C)OC(=O)N1CCO[C@H](CN2CC(CO)CC2=O)C1. The van der Waals surface area contributed by atoms with Crippen LogP contribution < -0.4 is 0 Å². The predicted molar refractivity (Wildman–Crippen MR) is 79.3 cm³/mol. The molecule has 2 atom stereocenters. The molecule has 2 rings (SSSR count). The Labute approximate surface area is 131 Å². The van der Waals surface area contributed by atoms with Gasteiger partial charge < -0.3 is 24.4 Å². The van der Waals surface area contributed by atoms with Gasteiger partial charge in [-0.3, -0.25) is 4.79 Å². The summed E-state index contributed by atoms with van der Waals surface area (Å²) in [6, 6.07) is 0. The highest BCUT2D eigenvalue weighted by Crippen LogP contribution is 2.19. The predicted octanol–water partition coefficient (Wildman–Crippen LogP) is 0.463. The van der Waals surface area contributed by atoms with Crippen LogP contribution in [0.4, 0.5) is 4.79 Å². The van der Waals surface area contributed by atoms with Crippen molar-refractivity contribution in [3.05, 3.63) is 0 Å². The monoisotopic (exact) mass is 314 g/mol. The molecule has 2 amide bonds. The van der Waals surface area contributed by atoms with E-state index in [1.165, 1.54) is 0 Å². The van der Waals surface area contributed by atoms with Gasteiger partial charge in [-0.1, -0.05) is 0 Å². The molecule has 126 valence electrons. The quantitative estimate of drug-likeness (QED) is 0.819. The molecule has 0 saturated carbocycles. The Morgan fingerprint density at radius 3 is 2.73 bits per heavy atom. The first-order chi connectivity index (χ1) is 10.3. The Kier molecular flexibility index (Phi) is 5.28. The van der Waals surface area contributed by atoms with Gasteiger partial charge in [-0.15, -0.1) is 0 Å². The number of likely N-dealkylation sites (tertiary alicyclic amines) is 1. The second kappa shape index (κ2) is 6.83. The second-order valence-electron chi connectivity index (χ2n) is 6.97. The van der Waals surface area contributed by atoms with Crippen LogP contribution in [0.5, 0.6) is 0 Å². The minimum Gasteiger partial charge on any atom is -0.444 e. The minimum atomic E-state index is -0.524. The van der Waals surface area contributed by atoms with Gasteiger partial charge in [0.2, 0.25) is 5.91 Å². The number of hydrogen-bond donors (Lipinski definition) is 1. The van der Waals surface area contributed by atoms with Gasteiger partial charge in [0.15, 0.2) is 0 Å². The van der Waals surface area contributed by atoms with Gasteiger partial charge in [0.25, 0.3) is 0 Å². The molecule has 2 heterocycles. The highest BCUT2D eigenvalue weighted by molar-refractivity contribution is 5.78. The van der Waals surface area contributed by atoms with Gasteiger partial charge in [0, 0.05) is 38.6 Å². The zero-order valence-corrected chi connectivity index (χ0v) is 13.6. The van der Waals surface area contributed by atoms with Crippen LogP contribution in [-0.2, 0) is 14.3 Å². The summed E-state index contributed by atoms with van der Waals surface area (Å²) in [4.78, 5) is 27.3. The molecule has 2 aliphatic heterocycles. The van der Waals surface area contributed by atoms with E-state index < -0.39 is 5.60 Å². The van der Waals surface area contributed by atoms with Gasteiger partial charge in [-0.2, -0.15) is 0 Å². The molecule has 0 aromatic heterocycles. The van der Waals surface area contributed by atoms with E-state index in [1.807, 2.05) is 20.8 Å². The summed E-state index contributed by atoms with van der Waals surface area (Å²) in [7, 11) is 0. The van der Waals surface area contributed by atoms with Crippen molar-refractivity contribution >= 4 is 12.0 Å². The second-order valence-corrected chi connectivity index (χ2v) is 6.97. The van der Waals surface area contributed by atoms with Crippen molar-refractivity contribution in [2.75, 3.05) is 39.4 Å². The van der Waals surface area contributed by atoms with Crippen molar-refractivity contribution in [2.24, 2.45) is 5.92 Å². The molecule has 0 bridgehead atoms. The molecule has 2 aliphatic rings. The lowest BCUT2D eigenvalue weighted by Crippen LogP contribution is -2.51. The van der Waals surface area contributed by atoms with Crippen LogP contribution in [0.15, 0.2) is 0 Å². The third-order valence-corrected chi connectivity index (χ3v) is 3.77. The Morgan fingerprint density at radius 2 is 2.14 bits per heavy atom.